The summed E-state index contributed by atoms with van der Waals surface area (Å²) in [5.41, 5.74) is 4.24. The third-order valence-electron chi connectivity index (χ3n) is 3.79. The molecule has 0 amide bonds. The van der Waals surface area contributed by atoms with Crippen LogP contribution in [0, 0.1) is 0 Å². The molecule has 0 radical (unpaired) electrons. The van der Waals surface area contributed by atoms with Gasteiger partial charge in [-0.2, -0.15) is 0 Å². The minimum Gasteiger partial charge on any atom is -0.497 e. The van der Waals surface area contributed by atoms with Gasteiger partial charge in [0.15, 0.2) is 0 Å². The molecule has 0 saturated carbocycles. The minimum atomic E-state index is 0.414. The highest BCUT2D eigenvalue weighted by Gasteiger charge is 2.19. The Hall–Kier alpha value is -1.80. The number of fused-ring (bicyclic) bond motifs is 1. The average Bonchev–Trinajstić information content (AvgIpc) is 2.48. The number of nitrogens with one attached hydrogen (secondary N) is 1. The van der Waals surface area contributed by atoms with E-state index >= 15 is 0 Å². The maximum absolute atomic E-state index is 5.29. The third kappa shape index (κ3) is 2.64. The van der Waals surface area contributed by atoms with Gasteiger partial charge in [0.25, 0.3) is 0 Å². The van der Waals surface area contributed by atoms with E-state index in [1.807, 2.05) is 6.07 Å². The van der Waals surface area contributed by atoms with E-state index in [2.05, 4.69) is 47.8 Å². The molecule has 0 spiro atoms. The van der Waals surface area contributed by atoms with E-state index < -0.39 is 0 Å². The first kappa shape index (κ1) is 12.2. The number of hydrogen-bond acceptors (Lipinski definition) is 2. The summed E-state index contributed by atoms with van der Waals surface area (Å²) in [6.45, 7) is 1.06. The van der Waals surface area contributed by atoms with Crippen LogP contribution >= 0.6 is 0 Å². The molecule has 1 atom stereocenters. The maximum atomic E-state index is 5.29. The van der Waals surface area contributed by atoms with Crippen molar-refractivity contribution >= 4 is 0 Å². The van der Waals surface area contributed by atoms with Gasteiger partial charge in [-0.1, -0.05) is 36.4 Å². The van der Waals surface area contributed by atoms with Crippen molar-refractivity contribution in [2.75, 3.05) is 13.7 Å². The van der Waals surface area contributed by atoms with E-state index in [0.29, 0.717) is 6.04 Å². The van der Waals surface area contributed by atoms with Crippen molar-refractivity contribution in [3.63, 3.8) is 0 Å². The van der Waals surface area contributed by atoms with Gasteiger partial charge in [-0.15, -0.1) is 0 Å². The van der Waals surface area contributed by atoms with E-state index in [1.165, 1.54) is 16.7 Å². The molecule has 0 saturated heterocycles. The zero-order chi connectivity index (χ0) is 13.1. The standard InChI is InChI=1S/C17H19NO/c1-19-15-7-4-5-13(11-15)12-17-16-8-3-2-6-14(16)9-10-18-17/h2-8,11,17-18H,9-10,12H2,1H3. The lowest BCUT2D eigenvalue weighted by molar-refractivity contribution is 0.413. The Balaban J connectivity index is 1.84. The lowest BCUT2D eigenvalue weighted by Gasteiger charge is -2.27. The molecule has 0 aromatic heterocycles. The highest BCUT2D eigenvalue weighted by Crippen LogP contribution is 2.26. The number of rotatable bonds is 3. The van der Waals surface area contributed by atoms with Gasteiger partial charge in [0.2, 0.25) is 0 Å². The summed E-state index contributed by atoms with van der Waals surface area (Å²) in [6.07, 6.45) is 2.14. The van der Waals surface area contributed by atoms with Crippen molar-refractivity contribution in [1.82, 2.24) is 5.32 Å². The van der Waals surface area contributed by atoms with Crippen molar-refractivity contribution in [3.8, 4) is 5.75 Å². The Labute approximate surface area is 114 Å². The molecular formula is C17H19NO. The van der Waals surface area contributed by atoms with Gasteiger partial charge in [-0.05, 0) is 48.2 Å². The van der Waals surface area contributed by atoms with E-state index in [0.717, 1.165) is 25.1 Å². The van der Waals surface area contributed by atoms with Crippen molar-refractivity contribution in [3.05, 3.63) is 65.2 Å². The lowest BCUT2D eigenvalue weighted by atomic mass is 9.90. The van der Waals surface area contributed by atoms with E-state index in [4.69, 9.17) is 4.74 Å². The summed E-state index contributed by atoms with van der Waals surface area (Å²) in [6, 6.07) is 17.5. The molecule has 19 heavy (non-hydrogen) atoms. The van der Waals surface area contributed by atoms with Gasteiger partial charge in [0.05, 0.1) is 7.11 Å². The van der Waals surface area contributed by atoms with Gasteiger partial charge in [0.1, 0.15) is 5.75 Å². The summed E-state index contributed by atoms with van der Waals surface area (Å²) >= 11 is 0. The van der Waals surface area contributed by atoms with Gasteiger partial charge < -0.3 is 10.1 Å². The smallest absolute Gasteiger partial charge is 0.119 e. The fourth-order valence-corrected chi connectivity index (χ4v) is 2.81. The molecule has 2 heteroatoms. The van der Waals surface area contributed by atoms with Crippen LogP contribution in [-0.2, 0) is 12.8 Å². The topological polar surface area (TPSA) is 21.3 Å². The van der Waals surface area contributed by atoms with E-state index in [-0.39, 0.29) is 0 Å². The van der Waals surface area contributed by atoms with E-state index in [9.17, 15) is 0 Å². The molecule has 1 N–H and O–H groups in total. The van der Waals surface area contributed by atoms with Gasteiger partial charge >= 0.3 is 0 Å². The number of ether oxygens (including phenoxy) is 1. The molecule has 2 aromatic carbocycles. The second-order valence-corrected chi connectivity index (χ2v) is 5.01. The Morgan fingerprint density at radius 1 is 1.16 bits per heavy atom. The van der Waals surface area contributed by atoms with Crippen molar-refractivity contribution in [2.24, 2.45) is 0 Å². The molecule has 1 aliphatic heterocycles. The van der Waals surface area contributed by atoms with Crippen LogP contribution in [0.2, 0.25) is 0 Å². The van der Waals surface area contributed by atoms with Gasteiger partial charge in [-0.3, -0.25) is 0 Å². The molecular weight excluding hydrogens is 234 g/mol. The van der Waals surface area contributed by atoms with Gasteiger partial charge in [-0.25, -0.2) is 0 Å². The molecule has 0 fully saturated rings. The monoisotopic (exact) mass is 253 g/mol. The Morgan fingerprint density at radius 3 is 2.95 bits per heavy atom. The summed E-state index contributed by atoms with van der Waals surface area (Å²) in [4.78, 5) is 0. The molecule has 1 unspecified atom stereocenters. The largest absolute Gasteiger partial charge is 0.497 e. The number of benzene rings is 2. The average molecular weight is 253 g/mol. The molecule has 2 nitrogen and oxygen atoms in total. The van der Waals surface area contributed by atoms with Gasteiger partial charge in [0, 0.05) is 6.04 Å². The SMILES string of the molecule is COc1cccc(CC2NCCc3ccccc32)c1. The summed E-state index contributed by atoms with van der Waals surface area (Å²) in [5, 5.41) is 3.62. The van der Waals surface area contributed by atoms with Crippen LogP contribution in [0.25, 0.3) is 0 Å². The first-order valence-electron chi connectivity index (χ1n) is 6.81. The first-order valence-corrected chi connectivity index (χ1v) is 6.81. The van der Waals surface area contributed by atoms with Crippen LogP contribution in [0.15, 0.2) is 48.5 Å². The van der Waals surface area contributed by atoms with Crippen molar-refractivity contribution in [1.29, 1.82) is 0 Å². The molecule has 2 aromatic rings. The Bertz CT molecular complexity index is 565. The lowest BCUT2D eigenvalue weighted by Crippen LogP contribution is -2.31. The highest BCUT2D eigenvalue weighted by molar-refractivity contribution is 5.35. The zero-order valence-corrected chi connectivity index (χ0v) is 11.2. The van der Waals surface area contributed by atoms with Crippen molar-refractivity contribution in [2.45, 2.75) is 18.9 Å². The summed E-state index contributed by atoms with van der Waals surface area (Å²) in [5.74, 6) is 0.932. The summed E-state index contributed by atoms with van der Waals surface area (Å²) < 4.78 is 5.29. The molecule has 0 bridgehead atoms. The second-order valence-electron chi connectivity index (χ2n) is 5.01. The Morgan fingerprint density at radius 2 is 2.05 bits per heavy atom. The first-order chi connectivity index (χ1) is 9.36. The highest BCUT2D eigenvalue weighted by atomic mass is 16.5. The van der Waals surface area contributed by atoms with Crippen LogP contribution < -0.4 is 10.1 Å². The fourth-order valence-electron chi connectivity index (χ4n) is 2.81. The predicted octanol–water partition coefficient (Wildman–Crippen LogP) is 3.12. The van der Waals surface area contributed by atoms with Crippen LogP contribution in [0.4, 0.5) is 0 Å². The molecule has 0 aliphatic carbocycles. The van der Waals surface area contributed by atoms with E-state index in [1.54, 1.807) is 7.11 Å². The third-order valence-corrected chi connectivity index (χ3v) is 3.79. The van der Waals surface area contributed by atoms with Crippen molar-refractivity contribution < 1.29 is 4.74 Å². The fraction of sp³-hybridized carbons (Fsp3) is 0.294. The number of hydrogen-bond donors (Lipinski definition) is 1. The zero-order valence-electron chi connectivity index (χ0n) is 11.2. The van der Waals surface area contributed by atoms with Crippen LogP contribution in [0.5, 0.6) is 5.75 Å². The molecule has 98 valence electrons. The predicted molar refractivity (Wildman–Crippen MR) is 77.6 cm³/mol. The normalized spacial score (nSPS) is 17.8. The van der Waals surface area contributed by atoms with Crippen LogP contribution in [0.3, 0.4) is 0 Å². The summed E-state index contributed by atoms with van der Waals surface area (Å²) in [7, 11) is 1.72. The number of methoxy groups -OCH3 is 1. The minimum absolute atomic E-state index is 0.414. The molecule has 1 heterocycles. The maximum Gasteiger partial charge on any atom is 0.119 e. The quantitative estimate of drug-likeness (QED) is 0.907. The Kier molecular flexibility index (Phi) is 3.51. The second kappa shape index (κ2) is 5.45. The molecule has 3 rings (SSSR count). The van der Waals surface area contributed by atoms with Crippen LogP contribution in [0.1, 0.15) is 22.7 Å². The van der Waals surface area contributed by atoms with Crippen LogP contribution in [-0.4, -0.2) is 13.7 Å². The molecule has 1 aliphatic rings.